The molecular formula is C12H13BrFN3O. The van der Waals surface area contributed by atoms with E-state index < -0.39 is 5.82 Å². The first-order valence-electron chi connectivity index (χ1n) is 5.67. The van der Waals surface area contributed by atoms with Crippen LogP contribution in [0.1, 0.15) is 31.6 Å². The van der Waals surface area contributed by atoms with Crippen molar-refractivity contribution >= 4 is 15.9 Å². The molecule has 0 aliphatic heterocycles. The third kappa shape index (κ3) is 2.59. The molecule has 1 unspecified atom stereocenters. The van der Waals surface area contributed by atoms with Gasteiger partial charge in [0.15, 0.2) is 5.82 Å². The summed E-state index contributed by atoms with van der Waals surface area (Å²) in [5.74, 6) is 0.137. The van der Waals surface area contributed by atoms with Gasteiger partial charge in [0.05, 0.1) is 16.1 Å². The van der Waals surface area contributed by atoms with E-state index in [4.69, 9.17) is 10.3 Å². The molecule has 2 aromatic rings. The van der Waals surface area contributed by atoms with Gasteiger partial charge in [-0.1, -0.05) is 24.6 Å². The van der Waals surface area contributed by atoms with E-state index in [1.165, 1.54) is 0 Å². The van der Waals surface area contributed by atoms with Gasteiger partial charge >= 0.3 is 0 Å². The van der Waals surface area contributed by atoms with Crippen LogP contribution in [-0.4, -0.2) is 10.1 Å². The minimum atomic E-state index is -0.420. The summed E-state index contributed by atoms with van der Waals surface area (Å²) in [7, 11) is 0. The van der Waals surface area contributed by atoms with Crippen molar-refractivity contribution in [2.75, 3.05) is 0 Å². The highest BCUT2D eigenvalue weighted by atomic mass is 79.9. The first-order valence-corrected chi connectivity index (χ1v) is 6.46. The third-order valence-corrected chi connectivity index (χ3v) is 3.17. The molecule has 6 heteroatoms. The van der Waals surface area contributed by atoms with Gasteiger partial charge in [0.2, 0.25) is 0 Å². The van der Waals surface area contributed by atoms with Crippen LogP contribution >= 0.6 is 15.9 Å². The number of aromatic nitrogens is 2. The Morgan fingerprint density at radius 3 is 3.00 bits per heavy atom. The Morgan fingerprint density at radius 1 is 1.50 bits per heavy atom. The molecule has 1 heterocycles. The van der Waals surface area contributed by atoms with Crippen LogP contribution in [0.3, 0.4) is 0 Å². The van der Waals surface area contributed by atoms with Gasteiger partial charge in [0.25, 0.3) is 5.89 Å². The Bertz CT molecular complexity index is 544. The number of nitrogens with two attached hydrogens (primary N) is 1. The van der Waals surface area contributed by atoms with Gasteiger partial charge in [-0.05, 0) is 34.5 Å². The van der Waals surface area contributed by atoms with Crippen LogP contribution in [0, 0.1) is 5.82 Å². The molecule has 0 aliphatic rings. The van der Waals surface area contributed by atoms with Crippen molar-refractivity contribution in [2.24, 2.45) is 5.73 Å². The molecule has 2 rings (SSSR count). The zero-order valence-corrected chi connectivity index (χ0v) is 11.4. The Labute approximate surface area is 113 Å². The van der Waals surface area contributed by atoms with E-state index in [2.05, 4.69) is 26.1 Å². The molecule has 0 spiro atoms. The fourth-order valence-corrected chi connectivity index (χ4v) is 1.97. The summed E-state index contributed by atoms with van der Waals surface area (Å²) in [6.45, 7) is 2.02. The van der Waals surface area contributed by atoms with Crippen LogP contribution in [-0.2, 0) is 0 Å². The van der Waals surface area contributed by atoms with Crippen molar-refractivity contribution in [2.45, 2.75) is 25.8 Å². The molecule has 0 saturated heterocycles. The fraction of sp³-hybridized carbons (Fsp3) is 0.333. The van der Waals surface area contributed by atoms with E-state index >= 15 is 0 Å². The lowest BCUT2D eigenvalue weighted by Crippen LogP contribution is -2.11. The molecule has 1 aromatic heterocycles. The summed E-state index contributed by atoms with van der Waals surface area (Å²) in [6, 6.07) is 4.63. The second kappa shape index (κ2) is 5.58. The summed E-state index contributed by atoms with van der Waals surface area (Å²) >= 11 is 3.11. The van der Waals surface area contributed by atoms with Crippen molar-refractivity contribution < 1.29 is 8.91 Å². The Hall–Kier alpha value is -1.27. The van der Waals surface area contributed by atoms with Crippen LogP contribution in [0.5, 0.6) is 0 Å². The van der Waals surface area contributed by atoms with Crippen molar-refractivity contribution in [3.05, 3.63) is 34.3 Å². The molecular weight excluding hydrogens is 301 g/mol. The second-order valence-corrected chi connectivity index (χ2v) is 4.81. The van der Waals surface area contributed by atoms with Crippen LogP contribution in [0.4, 0.5) is 4.39 Å². The molecule has 0 aliphatic carbocycles. The lowest BCUT2D eigenvalue weighted by molar-refractivity contribution is 0.411. The molecule has 2 N–H and O–H groups in total. The molecule has 1 aromatic carbocycles. The predicted molar refractivity (Wildman–Crippen MR) is 69.2 cm³/mol. The molecule has 0 amide bonds. The first-order chi connectivity index (χ1) is 8.63. The van der Waals surface area contributed by atoms with Crippen LogP contribution < -0.4 is 5.73 Å². The highest BCUT2D eigenvalue weighted by molar-refractivity contribution is 9.10. The number of nitrogens with zero attached hydrogens (tertiary/aromatic N) is 2. The van der Waals surface area contributed by atoms with E-state index in [1.54, 1.807) is 18.2 Å². The van der Waals surface area contributed by atoms with E-state index in [0.717, 1.165) is 12.8 Å². The summed E-state index contributed by atoms with van der Waals surface area (Å²) in [4.78, 5) is 4.14. The number of benzene rings is 1. The van der Waals surface area contributed by atoms with Gasteiger partial charge in [-0.3, -0.25) is 0 Å². The van der Waals surface area contributed by atoms with Crippen LogP contribution in [0.25, 0.3) is 11.5 Å². The van der Waals surface area contributed by atoms with Crippen LogP contribution in [0.2, 0.25) is 0 Å². The van der Waals surface area contributed by atoms with Gasteiger partial charge in [0, 0.05) is 0 Å². The zero-order valence-electron chi connectivity index (χ0n) is 9.86. The molecule has 0 bridgehead atoms. The molecule has 96 valence electrons. The second-order valence-electron chi connectivity index (χ2n) is 3.95. The number of hydrogen-bond donors (Lipinski definition) is 1. The molecule has 1 atom stereocenters. The van der Waals surface area contributed by atoms with Crippen molar-refractivity contribution in [1.29, 1.82) is 0 Å². The minimum Gasteiger partial charge on any atom is -0.334 e. The molecule has 18 heavy (non-hydrogen) atoms. The Morgan fingerprint density at radius 2 is 2.28 bits per heavy atom. The Balaban J connectivity index is 2.32. The molecule has 0 radical (unpaired) electrons. The van der Waals surface area contributed by atoms with E-state index in [-0.39, 0.29) is 17.5 Å². The third-order valence-electron chi connectivity index (χ3n) is 2.56. The summed E-state index contributed by atoms with van der Waals surface area (Å²) in [5.41, 5.74) is 6.15. The molecule has 0 saturated carbocycles. The van der Waals surface area contributed by atoms with Gasteiger partial charge < -0.3 is 10.3 Å². The van der Waals surface area contributed by atoms with Crippen molar-refractivity contribution in [3.63, 3.8) is 0 Å². The average molecular weight is 314 g/mol. The zero-order chi connectivity index (χ0) is 13.1. The van der Waals surface area contributed by atoms with Gasteiger partial charge in [-0.15, -0.1) is 0 Å². The van der Waals surface area contributed by atoms with Crippen LogP contribution in [0.15, 0.2) is 27.2 Å². The monoisotopic (exact) mass is 313 g/mol. The SMILES string of the molecule is CCCC(N)c1noc(-c2cccc(Br)c2F)n1. The van der Waals surface area contributed by atoms with E-state index in [0.29, 0.717) is 10.3 Å². The summed E-state index contributed by atoms with van der Waals surface area (Å²) in [6.07, 6.45) is 1.69. The first kappa shape index (κ1) is 13.2. The van der Waals surface area contributed by atoms with Gasteiger partial charge in [0.1, 0.15) is 5.82 Å². The topological polar surface area (TPSA) is 64.9 Å². The van der Waals surface area contributed by atoms with Crippen molar-refractivity contribution in [3.8, 4) is 11.5 Å². The highest BCUT2D eigenvalue weighted by Crippen LogP contribution is 2.27. The minimum absolute atomic E-state index is 0.148. The van der Waals surface area contributed by atoms with E-state index in [1.807, 2.05) is 6.92 Å². The number of halogens is 2. The average Bonchev–Trinajstić information content (AvgIpc) is 2.82. The summed E-state index contributed by atoms with van der Waals surface area (Å²) in [5, 5.41) is 3.79. The maximum atomic E-state index is 13.8. The lowest BCUT2D eigenvalue weighted by Gasteiger charge is -2.02. The highest BCUT2D eigenvalue weighted by Gasteiger charge is 2.17. The molecule has 0 fully saturated rings. The number of rotatable bonds is 4. The standard InChI is InChI=1S/C12H13BrFN3O/c1-2-4-9(15)11-16-12(18-17-11)7-5-3-6-8(13)10(7)14/h3,5-6,9H,2,4,15H2,1H3. The fourth-order valence-electron chi connectivity index (χ4n) is 1.60. The largest absolute Gasteiger partial charge is 0.334 e. The normalized spacial score (nSPS) is 12.7. The van der Waals surface area contributed by atoms with Gasteiger partial charge in [-0.2, -0.15) is 4.98 Å². The Kier molecular flexibility index (Phi) is 4.08. The van der Waals surface area contributed by atoms with Gasteiger partial charge in [-0.25, -0.2) is 4.39 Å². The maximum absolute atomic E-state index is 13.8. The molecule has 4 nitrogen and oxygen atoms in total. The van der Waals surface area contributed by atoms with E-state index in [9.17, 15) is 4.39 Å². The smallest absolute Gasteiger partial charge is 0.260 e. The summed E-state index contributed by atoms with van der Waals surface area (Å²) < 4.78 is 19.3. The quantitative estimate of drug-likeness (QED) is 0.939. The maximum Gasteiger partial charge on any atom is 0.260 e. The van der Waals surface area contributed by atoms with Crippen molar-refractivity contribution in [1.82, 2.24) is 10.1 Å². The number of hydrogen-bond acceptors (Lipinski definition) is 4. The predicted octanol–water partition coefficient (Wildman–Crippen LogP) is 3.44. The lowest BCUT2D eigenvalue weighted by atomic mass is 10.2.